The monoisotopic (exact) mass is 355 g/mol. The predicted molar refractivity (Wildman–Crippen MR) is 109 cm³/mol. The second-order valence-electron chi connectivity index (χ2n) is 7.54. The highest BCUT2D eigenvalue weighted by Gasteiger charge is 2.18. The number of hydrogen-bond donors (Lipinski definition) is 1. The smallest absolute Gasteiger partial charge is 0.233 e. The zero-order valence-corrected chi connectivity index (χ0v) is 16.7. The van der Waals surface area contributed by atoms with E-state index in [0.29, 0.717) is 0 Å². The molecule has 0 aliphatic heterocycles. The number of carbonyl (C=O) groups excluding carboxylic acids is 1. The van der Waals surface area contributed by atoms with E-state index in [2.05, 4.69) is 62.5 Å². The minimum absolute atomic E-state index is 0.0151. The van der Waals surface area contributed by atoms with E-state index < -0.39 is 0 Å². The molecule has 2 aromatic rings. The van der Waals surface area contributed by atoms with Crippen LogP contribution in [0.5, 0.6) is 0 Å². The summed E-state index contributed by atoms with van der Waals surface area (Å²) in [6, 6.07) is 18.8. The molecule has 0 saturated carbocycles. The third kappa shape index (κ3) is 5.93. The van der Waals surface area contributed by atoms with Crippen molar-refractivity contribution in [2.75, 3.05) is 0 Å². The number of hydrogen-bond acceptors (Lipinski definition) is 2. The number of amides is 1. The summed E-state index contributed by atoms with van der Waals surface area (Å²) >= 11 is 1.67. The summed E-state index contributed by atoms with van der Waals surface area (Å²) in [5, 5.41) is 3.06. The minimum atomic E-state index is -0.0727. The van der Waals surface area contributed by atoms with Crippen LogP contribution < -0.4 is 5.32 Å². The molecular formula is C22H29NOS. The molecule has 2 aromatic carbocycles. The first-order chi connectivity index (χ1) is 11.8. The van der Waals surface area contributed by atoms with Gasteiger partial charge in [-0.25, -0.2) is 0 Å². The van der Waals surface area contributed by atoms with Crippen molar-refractivity contribution in [3.8, 4) is 0 Å². The number of thioether (sulfide) groups is 1. The molecule has 0 unspecified atom stereocenters. The molecule has 25 heavy (non-hydrogen) atoms. The number of rotatable bonds is 6. The van der Waals surface area contributed by atoms with Gasteiger partial charge in [0.25, 0.3) is 0 Å². The van der Waals surface area contributed by atoms with Crippen LogP contribution in [0.3, 0.4) is 0 Å². The number of benzene rings is 2. The minimum Gasteiger partial charge on any atom is -0.349 e. The van der Waals surface area contributed by atoms with E-state index in [9.17, 15) is 4.79 Å². The largest absolute Gasteiger partial charge is 0.349 e. The van der Waals surface area contributed by atoms with Crippen LogP contribution in [-0.4, -0.2) is 11.2 Å². The van der Waals surface area contributed by atoms with Crippen molar-refractivity contribution in [1.29, 1.82) is 0 Å². The summed E-state index contributed by atoms with van der Waals surface area (Å²) in [6.45, 7) is 10.6. The van der Waals surface area contributed by atoms with Gasteiger partial charge in [-0.2, -0.15) is 0 Å². The molecule has 3 heteroatoms. The molecule has 2 nitrogen and oxygen atoms in total. The van der Waals surface area contributed by atoms with Crippen LogP contribution >= 0.6 is 11.8 Å². The molecule has 1 N–H and O–H groups in total. The fraction of sp³-hybridized carbons (Fsp3) is 0.409. The lowest BCUT2D eigenvalue weighted by molar-refractivity contribution is -0.120. The lowest BCUT2D eigenvalue weighted by Gasteiger charge is -2.21. The standard InChI is InChI=1S/C22H29NOS/c1-16(19-11-13-20(14-12-19)22(3,4)5)23-21(24)17(2)25-15-18-9-7-6-8-10-18/h6-14,16-17H,15H2,1-5H3,(H,23,24)/t16-,17-/m0/s1. The van der Waals surface area contributed by atoms with Crippen molar-refractivity contribution < 1.29 is 4.79 Å². The molecule has 0 heterocycles. The summed E-state index contributed by atoms with van der Waals surface area (Å²) in [7, 11) is 0. The fourth-order valence-corrected chi connectivity index (χ4v) is 3.41. The van der Waals surface area contributed by atoms with Crippen LogP contribution in [-0.2, 0) is 16.0 Å². The van der Waals surface area contributed by atoms with Gasteiger partial charge in [-0.1, -0.05) is 75.4 Å². The highest BCUT2D eigenvalue weighted by atomic mass is 32.2. The Bertz CT molecular complexity index is 673. The van der Waals surface area contributed by atoms with Gasteiger partial charge in [0, 0.05) is 5.75 Å². The van der Waals surface area contributed by atoms with Gasteiger partial charge in [0.2, 0.25) is 5.91 Å². The van der Waals surface area contributed by atoms with E-state index >= 15 is 0 Å². The third-order valence-electron chi connectivity index (χ3n) is 4.35. The van der Waals surface area contributed by atoms with Gasteiger partial charge < -0.3 is 5.32 Å². The third-order valence-corrected chi connectivity index (χ3v) is 5.56. The van der Waals surface area contributed by atoms with Crippen LogP contribution in [0.2, 0.25) is 0 Å². The van der Waals surface area contributed by atoms with E-state index in [1.54, 1.807) is 11.8 Å². The number of nitrogens with one attached hydrogen (secondary N) is 1. The average molecular weight is 356 g/mol. The summed E-state index contributed by atoms with van der Waals surface area (Å²) in [5.74, 6) is 0.942. The topological polar surface area (TPSA) is 29.1 Å². The summed E-state index contributed by atoms with van der Waals surface area (Å²) in [6.07, 6.45) is 0. The Kier molecular flexibility index (Phi) is 6.71. The summed E-state index contributed by atoms with van der Waals surface area (Å²) < 4.78 is 0. The molecule has 0 fully saturated rings. The van der Waals surface area contributed by atoms with Crippen molar-refractivity contribution >= 4 is 17.7 Å². The Hall–Kier alpha value is -1.74. The van der Waals surface area contributed by atoms with Crippen molar-refractivity contribution in [2.24, 2.45) is 0 Å². The molecule has 0 spiro atoms. The Morgan fingerprint density at radius 1 is 1.00 bits per heavy atom. The molecule has 0 saturated heterocycles. The molecular weight excluding hydrogens is 326 g/mol. The highest BCUT2D eigenvalue weighted by molar-refractivity contribution is 7.99. The van der Waals surface area contributed by atoms with Gasteiger partial charge in [-0.05, 0) is 36.0 Å². The normalized spacial score (nSPS) is 14.0. The van der Waals surface area contributed by atoms with E-state index in [1.807, 2.05) is 32.0 Å². The van der Waals surface area contributed by atoms with Crippen LogP contribution in [0.15, 0.2) is 54.6 Å². The maximum absolute atomic E-state index is 12.4. The van der Waals surface area contributed by atoms with Crippen molar-refractivity contribution in [1.82, 2.24) is 5.32 Å². The van der Waals surface area contributed by atoms with E-state index in [4.69, 9.17) is 0 Å². The van der Waals surface area contributed by atoms with Crippen molar-refractivity contribution in [3.05, 3.63) is 71.3 Å². The number of carbonyl (C=O) groups is 1. The SMILES string of the molecule is C[C@H](SCc1ccccc1)C(=O)N[C@@H](C)c1ccc(C(C)(C)C)cc1. The zero-order chi connectivity index (χ0) is 18.4. The molecule has 0 aromatic heterocycles. The molecule has 0 radical (unpaired) electrons. The van der Waals surface area contributed by atoms with Gasteiger partial charge in [0.15, 0.2) is 0 Å². The van der Waals surface area contributed by atoms with Crippen LogP contribution in [0.1, 0.15) is 57.4 Å². The Balaban J connectivity index is 1.88. The second kappa shape index (κ2) is 8.57. The summed E-state index contributed by atoms with van der Waals surface area (Å²) in [4.78, 5) is 12.4. The van der Waals surface area contributed by atoms with Crippen LogP contribution in [0.4, 0.5) is 0 Å². The molecule has 0 aliphatic carbocycles. The van der Waals surface area contributed by atoms with Crippen LogP contribution in [0, 0.1) is 0 Å². The maximum Gasteiger partial charge on any atom is 0.233 e. The van der Waals surface area contributed by atoms with Gasteiger partial charge in [0.05, 0.1) is 11.3 Å². The first-order valence-electron chi connectivity index (χ1n) is 8.83. The molecule has 1 amide bonds. The van der Waals surface area contributed by atoms with Gasteiger partial charge in [-0.15, -0.1) is 11.8 Å². The molecule has 2 atom stereocenters. The lowest BCUT2D eigenvalue weighted by Crippen LogP contribution is -2.33. The van der Waals surface area contributed by atoms with Crippen molar-refractivity contribution in [2.45, 2.75) is 57.1 Å². The van der Waals surface area contributed by atoms with Gasteiger partial charge in [-0.3, -0.25) is 4.79 Å². The van der Waals surface area contributed by atoms with E-state index in [-0.39, 0.29) is 22.6 Å². The predicted octanol–water partition coefficient (Wildman–Crippen LogP) is 5.48. The second-order valence-corrected chi connectivity index (χ2v) is 8.87. The van der Waals surface area contributed by atoms with Crippen molar-refractivity contribution in [3.63, 3.8) is 0 Å². The quantitative estimate of drug-likeness (QED) is 0.743. The fourth-order valence-electron chi connectivity index (χ4n) is 2.56. The highest BCUT2D eigenvalue weighted by Crippen LogP contribution is 2.24. The molecule has 0 aliphatic rings. The molecule has 134 valence electrons. The average Bonchev–Trinajstić information content (AvgIpc) is 2.59. The maximum atomic E-state index is 12.4. The Morgan fingerprint density at radius 3 is 2.16 bits per heavy atom. The molecule has 0 bridgehead atoms. The molecule has 2 rings (SSSR count). The van der Waals surface area contributed by atoms with E-state index in [1.165, 1.54) is 11.1 Å². The Morgan fingerprint density at radius 2 is 1.60 bits per heavy atom. The van der Waals surface area contributed by atoms with E-state index in [0.717, 1.165) is 11.3 Å². The van der Waals surface area contributed by atoms with Gasteiger partial charge in [0.1, 0.15) is 0 Å². The zero-order valence-electron chi connectivity index (χ0n) is 15.9. The lowest BCUT2D eigenvalue weighted by atomic mass is 9.86. The van der Waals surface area contributed by atoms with Crippen LogP contribution in [0.25, 0.3) is 0 Å². The first kappa shape index (κ1) is 19.6. The summed E-state index contributed by atoms with van der Waals surface area (Å²) in [5.41, 5.74) is 3.84. The van der Waals surface area contributed by atoms with Gasteiger partial charge >= 0.3 is 0 Å². The Labute approximate surface area is 156 Å². The first-order valence-corrected chi connectivity index (χ1v) is 9.88.